The first-order valence-corrected chi connectivity index (χ1v) is 15.0. The zero-order valence-electron chi connectivity index (χ0n) is 25.5. The van der Waals surface area contributed by atoms with E-state index in [-0.39, 0.29) is 55.9 Å². The number of carbonyl (C=O) groups is 2. The van der Waals surface area contributed by atoms with E-state index in [0.29, 0.717) is 36.7 Å². The monoisotopic (exact) mass is 586 g/mol. The molecule has 0 aliphatic carbocycles. The molecule has 2 aliphatic rings. The van der Waals surface area contributed by atoms with Gasteiger partial charge in [-0.05, 0) is 70.1 Å². The molecule has 10 heteroatoms. The summed E-state index contributed by atoms with van der Waals surface area (Å²) in [5, 5.41) is 4.34. The molecule has 0 saturated carbocycles. The molecule has 2 heterocycles. The number of hydrogen-bond donors (Lipinski definition) is 0. The number of hydrogen-bond acceptors (Lipinski definition) is 9. The van der Waals surface area contributed by atoms with Gasteiger partial charge in [-0.15, -0.1) is 0 Å². The van der Waals surface area contributed by atoms with Crippen LogP contribution in [-0.2, 0) is 30.3 Å². The van der Waals surface area contributed by atoms with Crippen molar-refractivity contribution >= 4 is 17.6 Å². The third-order valence-electron chi connectivity index (χ3n) is 6.89. The van der Waals surface area contributed by atoms with Crippen molar-refractivity contribution in [1.29, 1.82) is 0 Å². The minimum Gasteiger partial charge on any atom is -0.467 e. The largest absolute Gasteiger partial charge is 0.467 e. The molecule has 1 fully saturated rings. The average Bonchev–Trinajstić information content (AvgIpc) is 2.97. The van der Waals surface area contributed by atoms with Crippen LogP contribution in [0, 0.1) is 5.92 Å². The van der Waals surface area contributed by atoms with Crippen molar-refractivity contribution in [2.24, 2.45) is 11.1 Å². The van der Waals surface area contributed by atoms with Crippen LogP contribution >= 0.6 is 0 Å². The van der Waals surface area contributed by atoms with Gasteiger partial charge in [0.1, 0.15) is 23.2 Å². The predicted molar refractivity (Wildman–Crippen MR) is 160 cm³/mol. The Morgan fingerprint density at radius 3 is 2.48 bits per heavy atom. The van der Waals surface area contributed by atoms with Crippen molar-refractivity contribution in [3.05, 3.63) is 47.6 Å². The molecule has 0 aromatic heterocycles. The maximum atomic E-state index is 13.6. The molecule has 2 atom stereocenters. The summed E-state index contributed by atoms with van der Waals surface area (Å²) in [7, 11) is 0. The summed E-state index contributed by atoms with van der Waals surface area (Å²) in [6.45, 7) is 9.97. The number of nitrogens with zero attached hydrogens (tertiary/aromatic N) is 2. The Bertz CT molecular complexity index is 1090. The van der Waals surface area contributed by atoms with Crippen LogP contribution in [0.4, 0.5) is 0 Å². The van der Waals surface area contributed by atoms with Crippen molar-refractivity contribution in [1.82, 2.24) is 4.90 Å². The van der Waals surface area contributed by atoms with Crippen molar-refractivity contribution in [3.63, 3.8) is 0 Å². The summed E-state index contributed by atoms with van der Waals surface area (Å²) in [5.74, 6) is 0.392. The van der Waals surface area contributed by atoms with Crippen LogP contribution in [0.15, 0.2) is 41.6 Å². The van der Waals surface area contributed by atoms with Gasteiger partial charge in [0.25, 0.3) is 5.91 Å². The smallest absolute Gasteiger partial charge is 0.342 e. The number of esters is 1. The first-order valence-electron chi connectivity index (χ1n) is 15.0. The van der Waals surface area contributed by atoms with Crippen LogP contribution in [0.25, 0.3) is 0 Å². The molecule has 2 aliphatic heterocycles. The van der Waals surface area contributed by atoms with E-state index in [4.69, 9.17) is 28.5 Å². The van der Waals surface area contributed by atoms with Crippen LogP contribution in [0.3, 0.4) is 0 Å². The summed E-state index contributed by atoms with van der Waals surface area (Å²) >= 11 is 0. The van der Waals surface area contributed by atoms with Crippen LogP contribution < -0.4 is 9.47 Å². The predicted octanol–water partition coefficient (Wildman–Crippen LogP) is 5.45. The fraction of sp³-hybridized carbons (Fsp3) is 0.594. The van der Waals surface area contributed by atoms with Crippen molar-refractivity contribution in [2.45, 2.75) is 72.3 Å². The summed E-state index contributed by atoms with van der Waals surface area (Å²) in [5.41, 5.74) is 1.36. The molecule has 232 valence electrons. The second-order valence-corrected chi connectivity index (χ2v) is 10.4. The normalized spacial score (nSPS) is 22.4. The molecular weight excluding hydrogens is 540 g/mol. The van der Waals surface area contributed by atoms with Crippen LogP contribution in [0.5, 0.6) is 11.5 Å². The highest BCUT2D eigenvalue weighted by Gasteiger charge is 2.24. The van der Waals surface area contributed by atoms with E-state index in [1.807, 2.05) is 43.9 Å². The van der Waals surface area contributed by atoms with Gasteiger partial charge in [-0.3, -0.25) is 4.79 Å². The van der Waals surface area contributed by atoms with Gasteiger partial charge in [-0.2, -0.15) is 0 Å². The van der Waals surface area contributed by atoms with Gasteiger partial charge in [0, 0.05) is 45.2 Å². The number of oxime groups is 1. The molecule has 0 bridgehead atoms. The highest BCUT2D eigenvalue weighted by Crippen LogP contribution is 2.32. The van der Waals surface area contributed by atoms with E-state index in [1.54, 1.807) is 12.1 Å². The molecule has 1 amide bonds. The molecular formula is C32H46N2O8. The molecule has 10 nitrogen and oxygen atoms in total. The summed E-state index contributed by atoms with van der Waals surface area (Å²) < 4.78 is 28.3. The Morgan fingerprint density at radius 1 is 1.00 bits per heavy atom. The zero-order valence-corrected chi connectivity index (χ0v) is 25.5. The minimum absolute atomic E-state index is 0.0362. The minimum atomic E-state index is -0.525. The van der Waals surface area contributed by atoms with Gasteiger partial charge in [-0.1, -0.05) is 30.3 Å². The maximum Gasteiger partial charge on any atom is 0.342 e. The molecule has 1 aromatic carbocycles. The summed E-state index contributed by atoms with van der Waals surface area (Å²) in [6, 6.07) is 3.39. The van der Waals surface area contributed by atoms with Crippen molar-refractivity contribution in [2.75, 3.05) is 46.5 Å². The number of allylic oxidation sites excluding steroid dienone is 3. The molecule has 3 rings (SSSR count). The second-order valence-electron chi connectivity index (χ2n) is 10.4. The van der Waals surface area contributed by atoms with E-state index in [2.05, 4.69) is 18.2 Å². The zero-order chi connectivity index (χ0) is 30.2. The van der Waals surface area contributed by atoms with Crippen molar-refractivity contribution < 1.29 is 38.1 Å². The summed E-state index contributed by atoms with van der Waals surface area (Å²) in [4.78, 5) is 33.6. The fourth-order valence-corrected chi connectivity index (χ4v) is 4.61. The van der Waals surface area contributed by atoms with Gasteiger partial charge in [0.2, 0.25) is 0 Å². The maximum absolute atomic E-state index is 13.6. The number of ether oxygens (including phenoxy) is 5. The van der Waals surface area contributed by atoms with Gasteiger partial charge in [0.15, 0.2) is 20.2 Å². The third kappa shape index (κ3) is 11.1. The Kier molecular flexibility index (Phi) is 14.4. The Labute approximate surface area is 249 Å². The molecule has 1 saturated heterocycles. The SMILES string of the molecule is CCOCOc1cc2c(c(OCOCC)c1)C(=O)O[C@H](C)C/C=C/[C@H](C)C/C=C/C(=NOCC(=O)N1CCCCC1)C2. The lowest BCUT2D eigenvalue weighted by molar-refractivity contribution is -0.137. The highest BCUT2D eigenvalue weighted by molar-refractivity contribution is 6.00. The number of carbonyl (C=O) groups excluding carboxylic acids is 2. The quantitative estimate of drug-likeness (QED) is 0.111. The number of likely N-dealkylation sites (tertiary alicyclic amines) is 1. The standard InChI is InChI=1S/C32H46N2O8/c1-5-37-22-39-28-19-26-18-27(33-41-21-30(35)34-16-8-7-9-17-34)15-11-13-24(3)12-10-14-25(4)42-32(36)31(26)29(20-28)40-23-38-6-2/h10-12,15,19-20,24-25H,5-9,13-14,16-18,21-23H2,1-4H3/b12-10+,15-11+,33-27?/t24-,25+/m0/s1. The Hall–Kier alpha value is -3.37. The topological polar surface area (TPSA) is 105 Å². The third-order valence-corrected chi connectivity index (χ3v) is 6.89. The number of amides is 1. The van der Waals surface area contributed by atoms with E-state index < -0.39 is 5.97 Å². The van der Waals surface area contributed by atoms with Crippen LogP contribution in [0.2, 0.25) is 0 Å². The van der Waals surface area contributed by atoms with Gasteiger partial charge in [-0.25, -0.2) is 4.79 Å². The first-order chi connectivity index (χ1) is 20.4. The van der Waals surface area contributed by atoms with Crippen LogP contribution in [-0.4, -0.2) is 75.1 Å². The molecule has 1 aromatic rings. The van der Waals surface area contributed by atoms with E-state index in [1.165, 1.54) is 0 Å². The Balaban J connectivity index is 1.98. The second kappa shape index (κ2) is 18.2. The van der Waals surface area contributed by atoms with Gasteiger partial charge < -0.3 is 33.4 Å². The van der Waals surface area contributed by atoms with Crippen molar-refractivity contribution in [3.8, 4) is 11.5 Å². The Morgan fingerprint density at radius 2 is 1.74 bits per heavy atom. The number of piperidine rings is 1. The first kappa shape index (κ1) is 33.1. The van der Waals surface area contributed by atoms with Gasteiger partial charge >= 0.3 is 5.97 Å². The lowest BCUT2D eigenvalue weighted by Gasteiger charge is -2.26. The molecule has 42 heavy (non-hydrogen) atoms. The number of benzene rings is 1. The van der Waals surface area contributed by atoms with E-state index in [0.717, 1.165) is 38.8 Å². The van der Waals surface area contributed by atoms with Crippen LogP contribution in [0.1, 0.15) is 75.7 Å². The highest BCUT2D eigenvalue weighted by atomic mass is 16.7. The number of rotatable bonds is 11. The number of fused-ring (bicyclic) bond motifs is 1. The summed E-state index contributed by atoms with van der Waals surface area (Å²) in [6.07, 6.45) is 12.4. The fourth-order valence-electron chi connectivity index (χ4n) is 4.61. The van der Waals surface area contributed by atoms with E-state index in [9.17, 15) is 9.59 Å². The molecule has 0 radical (unpaired) electrons. The van der Waals surface area contributed by atoms with Gasteiger partial charge in [0.05, 0.1) is 5.71 Å². The lowest BCUT2D eigenvalue weighted by Crippen LogP contribution is -2.37. The molecule has 0 unspecified atom stereocenters. The molecule has 0 N–H and O–H groups in total. The average molecular weight is 587 g/mol. The van der Waals surface area contributed by atoms with E-state index >= 15 is 0 Å². The number of cyclic esters (lactones) is 1. The molecule has 0 spiro atoms. The lowest BCUT2D eigenvalue weighted by atomic mass is 9.98.